The van der Waals surface area contributed by atoms with Gasteiger partial charge in [-0.15, -0.1) is 0 Å². The molecule has 1 aromatic heterocycles. The van der Waals surface area contributed by atoms with Crippen molar-refractivity contribution in [2.24, 2.45) is 0 Å². The van der Waals surface area contributed by atoms with Crippen LogP contribution in [0.2, 0.25) is 5.02 Å². The third-order valence-corrected chi connectivity index (χ3v) is 3.40. The fourth-order valence-electron chi connectivity index (χ4n) is 2.05. The SMILES string of the molecule is O=C(O)c1ccc(Nc2cc(Nc3cccc(Cl)c3)ncn2)cc1. The van der Waals surface area contributed by atoms with Gasteiger partial charge in [-0.3, -0.25) is 0 Å². The number of hydrogen-bond acceptors (Lipinski definition) is 5. The van der Waals surface area contributed by atoms with E-state index < -0.39 is 5.97 Å². The molecule has 0 saturated carbocycles. The zero-order chi connectivity index (χ0) is 16.9. The molecule has 24 heavy (non-hydrogen) atoms. The zero-order valence-electron chi connectivity index (χ0n) is 12.4. The van der Waals surface area contributed by atoms with Gasteiger partial charge < -0.3 is 15.7 Å². The molecule has 3 rings (SSSR count). The quantitative estimate of drug-likeness (QED) is 0.641. The van der Waals surface area contributed by atoms with E-state index in [4.69, 9.17) is 16.7 Å². The summed E-state index contributed by atoms with van der Waals surface area (Å²) in [6.07, 6.45) is 1.43. The molecule has 0 unspecified atom stereocenters. The first-order valence-corrected chi connectivity index (χ1v) is 7.43. The fourth-order valence-corrected chi connectivity index (χ4v) is 2.24. The van der Waals surface area contributed by atoms with Gasteiger partial charge in [-0.2, -0.15) is 0 Å². The maximum Gasteiger partial charge on any atom is 0.335 e. The third-order valence-electron chi connectivity index (χ3n) is 3.17. The molecule has 3 aromatic rings. The van der Waals surface area contributed by atoms with E-state index in [0.29, 0.717) is 16.7 Å². The van der Waals surface area contributed by atoms with E-state index in [1.807, 2.05) is 12.1 Å². The molecule has 0 saturated heterocycles. The van der Waals surface area contributed by atoms with Gasteiger partial charge >= 0.3 is 5.97 Å². The van der Waals surface area contributed by atoms with Crippen LogP contribution in [0.15, 0.2) is 60.9 Å². The van der Waals surface area contributed by atoms with E-state index in [2.05, 4.69) is 20.6 Å². The second-order valence-electron chi connectivity index (χ2n) is 4.93. The summed E-state index contributed by atoms with van der Waals surface area (Å²) in [5.74, 6) is 0.228. The van der Waals surface area contributed by atoms with Gasteiger partial charge in [-0.25, -0.2) is 14.8 Å². The average molecular weight is 341 g/mol. The van der Waals surface area contributed by atoms with Crippen molar-refractivity contribution >= 4 is 40.6 Å². The molecule has 0 radical (unpaired) electrons. The Morgan fingerprint density at radius 2 is 1.58 bits per heavy atom. The van der Waals surface area contributed by atoms with E-state index in [1.165, 1.54) is 18.5 Å². The molecule has 0 spiro atoms. The minimum Gasteiger partial charge on any atom is -0.478 e. The van der Waals surface area contributed by atoms with Crippen LogP contribution in [0.1, 0.15) is 10.4 Å². The number of aromatic carboxylic acids is 1. The van der Waals surface area contributed by atoms with Gasteiger partial charge in [0.1, 0.15) is 18.0 Å². The molecule has 7 heteroatoms. The van der Waals surface area contributed by atoms with E-state index in [-0.39, 0.29) is 5.56 Å². The first kappa shape index (κ1) is 15.8. The molecule has 2 aromatic carbocycles. The summed E-state index contributed by atoms with van der Waals surface area (Å²) >= 11 is 5.96. The van der Waals surface area contributed by atoms with E-state index >= 15 is 0 Å². The van der Waals surface area contributed by atoms with Gasteiger partial charge in [-0.1, -0.05) is 17.7 Å². The number of carboxylic acid groups (broad SMARTS) is 1. The summed E-state index contributed by atoms with van der Waals surface area (Å²) in [6, 6.07) is 15.5. The lowest BCUT2D eigenvalue weighted by molar-refractivity contribution is 0.0697. The van der Waals surface area contributed by atoms with Crippen LogP contribution in [0.25, 0.3) is 0 Å². The molecule has 0 atom stereocenters. The van der Waals surface area contributed by atoms with Gasteiger partial charge in [0.15, 0.2) is 0 Å². The van der Waals surface area contributed by atoms with Crippen molar-refractivity contribution in [3.8, 4) is 0 Å². The highest BCUT2D eigenvalue weighted by atomic mass is 35.5. The molecule has 0 amide bonds. The molecular weight excluding hydrogens is 328 g/mol. The number of carbonyl (C=O) groups is 1. The van der Waals surface area contributed by atoms with Crippen LogP contribution in [-0.4, -0.2) is 21.0 Å². The summed E-state index contributed by atoms with van der Waals surface area (Å²) in [4.78, 5) is 19.2. The Bertz CT molecular complexity index is 868. The smallest absolute Gasteiger partial charge is 0.335 e. The van der Waals surface area contributed by atoms with Crippen molar-refractivity contribution in [1.82, 2.24) is 9.97 Å². The Morgan fingerprint density at radius 3 is 2.21 bits per heavy atom. The first-order valence-electron chi connectivity index (χ1n) is 7.05. The number of nitrogens with one attached hydrogen (secondary N) is 2. The first-order chi connectivity index (χ1) is 11.6. The fraction of sp³-hybridized carbons (Fsp3) is 0. The normalized spacial score (nSPS) is 10.2. The highest BCUT2D eigenvalue weighted by Crippen LogP contribution is 2.21. The van der Waals surface area contributed by atoms with Crippen molar-refractivity contribution in [2.45, 2.75) is 0 Å². The average Bonchev–Trinajstić information content (AvgIpc) is 2.56. The number of hydrogen-bond donors (Lipinski definition) is 3. The number of nitrogens with zero attached hydrogens (tertiary/aromatic N) is 2. The van der Waals surface area contributed by atoms with Crippen LogP contribution in [0, 0.1) is 0 Å². The lowest BCUT2D eigenvalue weighted by atomic mass is 10.2. The standard InChI is InChI=1S/C17H13ClN4O2/c18-12-2-1-3-14(8-12)22-16-9-15(19-10-20-16)21-13-6-4-11(5-7-13)17(23)24/h1-10H,(H,23,24)(H2,19,20,21,22). The van der Waals surface area contributed by atoms with Crippen LogP contribution in [0.3, 0.4) is 0 Å². The molecule has 6 nitrogen and oxygen atoms in total. The zero-order valence-corrected chi connectivity index (χ0v) is 13.2. The monoisotopic (exact) mass is 340 g/mol. The molecule has 0 aliphatic carbocycles. The lowest BCUT2D eigenvalue weighted by Crippen LogP contribution is -1.99. The summed E-state index contributed by atoms with van der Waals surface area (Å²) in [6.45, 7) is 0. The maximum atomic E-state index is 10.9. The third kappa shape index (κ3) is 3.99. The van der Waals surface area contributed by atoms with Gasteiger partial charge in [-0.05, 0) is 42.5 Å². The largest absolute Gasteiger partial charge is 0.478 e. The summed E-state index contributed by atoms with van der Waals surface area (Å²) in [7, 11) is 0. The lowest BCUT2D eigenvalue weighted by Gasteiger charge is -2.09. The highest BCUT2D eigenvalue weighted by Gasteiger charge is 2.04. The van der Waals surface area contributed by atoms with E-state index in [1.54, 1.807) is 30.3 Å². The minimum absolute atomic E-state index is 0.228. The highest BCUT2D eigenvalue weighted by molar-refractivity contribution is 6.30. The molecule has 3 N–H and O–H groups in total. The number of aromatic nitrogens is 2. The van der Waals surface area contributed by atoms with E-state index in [0.717, 1.165) is 11.4 Å². The van der Waals surface area contributed by atoms with Gasteiger partial charge in [0, 0.05) is 22.5 Å². The van der Waals surface area contributed by atoms with Crippen LogP contribution in [0.4, 0.5) is 23.0 Å². The number of halogens is 1. The number of carboxylic acids is 1. The summed E-state index contributed by atoms with van der Waals surface area (Å²) in [5, 5.41) is 15.8. The van der Waals surface area contributed by atoms with Crippen molar-refractivity contribution < 1.29 is 9.90 Å². The van der Waals surface area contributed by atoms with Crippen molar-refractivity contribution in [1.29, 1.82) is 0 Å². The molecule has 120 valence electrons. The van der Waals surface area contributed by atoms with Crippen molar-refractivity contribution in [3.05, 3.63) is 71.5 Å². The van der Waals surface area contributed by atoms with Crippen LogP contribution in [-0.2, 0) is 0 Å². The van der Waals surface area contributed by atoms with Crippen LogP contribution < -0.4 is 10.6 Å². The van der Waals surface area contributed by atoms with Crippen LogP contribution in [0.5, 0.6) is 0 Å². The molecule has 0 bridgehead atoms. The Balaban J connectivity index is 1.74. The second kappa shape index (κ2) is 6.97. The Kier molecular flexibility index (Phi) is 4.58. The predicted molar refractivity (Wildman–Crippen MR) is 93.5 cm³/mol. The van der Waals surface area contributed by atoms with Crippen molar-refractivity contribution in [3.63, 3.8) is 0 Å². The molecule has 0 aliphatic rings. The number of benzene rings is 2. The van der Waals surface area contributed by atoms with Crippen LogP contribution >= 0.6 is 11.6 Å². The number of rotatable bonds is 5. The van der Waals surface area contributed by atoms with Crippen molar-refractivity contribution in [2.75, 3.05) is 10.6 Å². The van der Waals surface area contributed by atoms with Gasteiger partial charge in [0.2, 0.25) is 0 Å². The predicted octanol–water partition coefficient (Wildman–Crippen LogP) is 4.32. The second-order valence-corrected chi connectivity index (χ2v) is 5.37. The molecule has 0 fully saturated rings. The minimum atomic E-state index is -0.961. The summed E-state index contributed by atoms with van der Waals surface area (Å²) < 4.78 is 0. The number of anilines is 4. The van der Waals surface area contributed by atoms with Gasteiger partial charge in [0.05, 0.1) is 5.56 Å². The molecule has 1 heterocycles. The Hall–Kier alpha value is -3.12. The molecular formula is C17H13ClN4O2. The molecule has 0 aliphatic heterocycles. The maximum absolute atomic E-state index is 10.9. The summed E-state index contributed by atoms with van der Waals surface area (Å²) in [5.41, 5.74) is 1.77. The van der Waals surface area contributed by atoms with E-state index in [9.17, 15) is 4.79 Å². The topological polar surface area (TPSA) is 87.1 Å². The van der Waals surface area contributed by atoms with Gasteiger partial charge in [0.25, 0.3) is 0 Å². The Morgan fingerprint density at radius 1 is 0.917 bits per heavy atom. The Labute approximate surface area is 143 Å².